The van der Waals surface area contributed by atoms with Gasteiger partial charge >= 0.3 is 12.2 Å². The smallest absolute Gasteiger partial charge is 0.399 e. The first-order chi connectivity index (χ1) is 14.1. The lowest BCUT2D eigenvalue weighted by atomic mass is 9.88. The molecule has 0 spiro atoms. The summed E-state index contributed by atoms with van der Waals surface area (Å²) in [5.41, 5.74) is 6.05. The Labute approximate surface area is 172 Å². The number of Topliss-reactive ketones (excluding diaryl/α,β-unsaturated/α-hetero) is 1. The number of nitrogens with one attached hydrogen (secondary N) is 3. The van der Waals surface area contributed by atoms with Crippen molar-refractivity contribution in [3.8, 4) is 0 Å². The van der Waals surface area contributed by atoms with Crippen molar-refractivity contribution in [2.45, 2.75) is 32.0 Å². The van der Waals surface area contributed by atoms with E-state index in [1.165, 1.54) is 12.1 Å². The molecular formula is C21H23F3N4O2. The summed E-state index contributed by atoms with van der Waals surface area (Å²) in [5.74, 6) is -1.46. The van der Waals surface area contributed by atoms with Crippen LogP contribution in [0.15, 0.2) is 48.5 Å². The molecule has 1 unspecified atom stereocenters. The first-order valence-electron chi connectivity index (χ1n) is 9.26. The predicted octanol–water partition coefficient (Wildman–Crippen LogP) is 3.87. The highest BCUT2D eigenvalue weighted by Gasteiger charge is 2.31. The zero-order valence-electron chi connectivity index (χ0n) is 16.3. The SMILES string of the molecule is CCC(C(=N)C(=O)CNC(=O)NCc1ccc(N)cc1)c1cccc(C(F)(F)F)c1. The Morgan fingerprint density at radius 1 is 1.10 bits per heavy atom. The predicted molar refractivity (Wildman–Crippen MR) is 108 cm³/mol. The third-order valence-corrected chi connectivity index (χ3v) is 4.52. The monoisotopic (exact) mass is 420 g/mol. The van der Waals surface area contributed by atoms with E-state index in [4.69, 9.17) is 11.1 Å². The van der Waals surface area contributed by atoms with Crippen molar-refractivity contribution in [3.63, 3.8) is 0 Å². The van der Waals surface area contributed by atoms with Gasteiger partial charge in [-0.05, 0) is 35.7 Å². The molecule has 0 bridgehead atoms. The maximum atomic E-state index is 12.9. The number of halogens is 3. The van der Waals surface area contributed by atoms with E-state index >= 15 is 0 Å². The summed E-state index contributed by atoms with van der Waals surface area (Å²) in [7, 11) is 0. The van der Waals surface area contributed by atoms with Crippen molar-refractivity contribution in [3.05, 3.63) is 65.2 Å². The van der Waals surface area contributed by atoms with Crippen LogP contribution in [0.1, 0.15) is 36.0 Å². The molecule has 2 amide bonds. The first-order valence-corrected chi connectivity index (χ1v) is 9.26. The molecule has 6 nitrogen and oxygen atoms in total. The summed E-state index contributed by atoms with van der Waals surface area (Å²) >= 11 is 0. The zero-order valence-corrected chi connectivity index (χ0v) is 16.3. The van der Waals surface area contributed by atoms with Crippen molar-refractivity contribution in [2.24, 2.45) is 0 Å². The van der Waals surface area contributed by atoms with Gasteiger partial charge in [0.2, 0.25) is 0 Å². The molecule has 0 aromatic heterocycles. The zero-order chi connectivity index (χ0) is 22.3. The van der Waals surface area contributed by atoms with Gasteiger partial charge < -0.3 is 21.8 Å². The molecule has 30 heavy (non-hydrogen) atoms. The van der Waals surface area contributed by atoms with Crippen LogP contribution < -0.4 is 16.4 Å². The summed E-state index contributed by atoms with van der Waals surface area (Å²) < 4.78 is 38.8. The molecule has 0 radical (unpaired) electrons. The van der Waals surface area contributed by atoms with E-state index in [0.29, 0.717) is 5.69 Å². The summed E-state index contributed by atoms with van der Waals surface area (Å²) in [6, 6.07) is 10.9. The minimum absolute atomic E-state index is 0.222. The largest absolute Gasteiger partial charge is 0.416 e. The van der Waals surface area contributed by atoms with Gasteiger partial charge in [0.05, 0.1) is 17.8 Å². The van der Waals surface area contributed by atoms with Gasteiger partial charge in [0.15, 0.2) is 5.78 Å². The standard InChI is InChI=1S/C21H23F3N4O2/c1-2-17(14-4-3-5-15(10-14)21(22,23)24)19(26)18(29)12-28-20(30)27-11-13-6-8-16(25)9-7-13/h3-10,17,26H,2,11-12,25H2,1H3,(H2,27,28,30). The fourth-order valence-corrected chi connectivity index (χ4v) is 2.87. The summed E-state index contributed by atoms with van der Waals surface area (Å²) in [5, 5.41) is 13.0. The Morgan fingerprint density at radius 3 is 2.37 bits per heavy atom. The number of benzene rings is 2. The quantitative estimate of drug-likeness (QED) is 0.385. The third-order valence-electron chi connectivity index (χ3n) is 4.52. The van der Waals surface area contributed by atoms with E-state index in [-0.39, 0.29) is 24.2 Å². The summed E-state index contributed by atoms with van der Waals surface area (Å²) in [6.07, 6.45) is -4.24. The van der Waals surface area contributed by atoms with Crippen molar-refractivity contribution in [1.82, 2.24) is 10.6 Å². The maximum Gasteiger partial charge on any atom is 0.416 e. The van der Waals surface area contributed by atoms with Gasteiger partial charge in [-0.2, -0.15) is 13.2 Å². The molecule has 0 heterocycles. The highest BCUT2D eigenvalue weighted by molar-refractivity contribution is 6.41. The molecular weight excluding hydrogens is 397 g/mol. The van der Waals surface area contributed by atoms with Crippen LogP contribution in [0, 0.1) is 5.41 Å². The van der Waals surface area contributed by atoms with Gasteiger partial charge in [-0.3, -0.25) is 4.79 Å². The second-order valence-electron chi connectivity index (χ2n) is 6.70. The van der Waals surface area contributed by atoms with Gasteiger partial charge in [-0.1, -0.05) is 37.3 Å². The molecule has 0 aliphatic carbocycles. The topological polar surface area (TPSA) is 108 Å². The van der Waals surface area contributed by atoms with E-state index in [9.17, 15) is 22.8 Å². The lowest BCUT2D eigenvalue weighted by molar-refractivity contribution is -0.137. The molecule has 1 atom stereocenters. The Hall–Kier alpha value is -3.36. The van der Waals surface area contributed by atoms with E-state index in [0.717, 1.165) is 17.7 Å². The number of amides is 2. The maximum absolute atomic E-state index is 12.9. The Kier molecular flexibility index (Phi) is 7.57. The molecule has 160 valence electrons. The van der Waals surface area contributed by atoms with E-state index < -0.39 is 36.0 Å². The van der Waals surface area contributed by atoms with Crippen LogP contribution in [0.3, 0.4) is 0 Å². The van der Waals surface area contributed by atoms with Crippen molar-refractivity contribution in [2.75, 3.05) is 12.3 Å². The number of hydrogen-bond acceptors (Lipinski definition) is 4. The number of ketones is 1. The number of rotatable bonds is 8. The Balaban J connectivity index is 1.92. The molecule has 0 aliphatic rings. The van der Waals surface area contributed by atoms with Gasteiger partial charge in [-0.25, -0.2) is 4.79 Å². The molecule has 9 heteroatoms. The average Bonchev–Trinajstić information content (AvgIpc) is 2.71. The average molecular weight is 420 g/mol. The molecule has 5 N–H and O–H groups in total. The number of nitrogens with two attached hydrogens (primary N) is 1. The van der Waals surface area contributed by atoms with Crippen LogP contribution in [0.4, 0.5) is 23.7 Å². The van der Waals surface area contributed by atoms with Crippen molar-refractivity contribution in [1.29, 1.82) is 5.41 Å². The van der Waals surface area contributed by atoms with Crippen molar-refractivity contribution < 1.29 is 22.8 Å². The number of urea groups is 1. The normalized spacial score (nSPS) is 12.1. The van der Waals surface area contributed by atoms with Crippen LogP contribution >= 0.6 is 0 Å². The fraction of sp³-hybridized carbons (Fsp3) is 0.286. The minimum atomic E-state index is -4.51. The molecule has 0 fully saturated rings. The second kappa shape index (κ2) is 9.91. The lowest BCUT2D eigenvalue weighted by Crippen LogP contribution is -2.40. The molecule has 0 aliphatic heterocycles. The van der Waals surface area contributed by atoms with Crippen molar-refractivity contribution >= 4 is 23.2 Å². The number of alkyl halides is 3. The third kappa shape index (κ3) is 6.33. The highest BCUT2D eigenvalue weighted by atomic mass is 19.4. The van der Waals surface area contributed by atoms with Crippen LogP contribution in [0.5, 0.6) is 0 Å². The molecule has 2 rings (SSSR count). The Bertz CT molecular complexity index is 911. The number of hydrogen-bond donors (Lipinski definition) is 4. The highest BCUT2D eigenvalue weighted by Crippen LogP contribution is 2.32. The van der Waals surface area contributed by atoms with E-state index in [1.807, 2.05) is 0 Å². The molecule has 0 saturated carbocycles. The number of carbonyl (C=O) groups excluding carboxylic acids is 2. The van der Waals surface area contributed by atoms with Crippen LogP contribution in [-0.2, 0) is 17.5 Å². The molecule has 2 aromatic carbocycles. The van der Waals surface area contributed by atoms with Crippen LogP contribution in [0.25, 0.3) is 0 Å². The van der Waals surface area contributed by atoms with Gasteiger partial charge in [-0.15, -0.1) is 0 Å². The molecule has 0 saturated heterocycles. The summed E-state index contributed by atoms with van der Waals surface area (Å²) in [6.45, 7) is 1.47. The lowest BCUT2D eigenvalue weighted by Gasteiger charge is -2.18. The Morgan fingerprint density at radius 2 is 1.77 bits per heavy atom. The van der Waals surface area contributed by atoms with E-state index in [2.05, 4.69) is 10.6 Å². The number of nitrogen functional groups attached to an aromatic ring is 1. The first kappa shape index (κ1) is 22.9. The number of carbonyl (C=O) groups is 2. The van der Waals surface area contributed by atoms with E-state index in [1.54, 1.807) is 31.2 Å². The fourth-order valence-electron chi connectivity index (χ4n) is 2.87. The second-order valence-corrected chi connectivity index (χ2v) is 6.70. The van der Waals surface area contributed by atoms with Gasteiger partial charge in [0.1, 0.15) is 0 Å². The summed E-state index contributed by atoms with van der Waals surface area (Å²) in [4.78, 5) is 24.2. The minimum Gasteiger partial charge on any atom is -0.399 e. The van der Waals surface area contributed by atoms with Gasteiger partial charge in [0, 0.05) is 18.2 Å². The number of anilines is 1. The molecule has 2 aromatic rings. The van der Waals surface area contributed by atoms with Crippen LogP contribution in [-0.4, -0.2) is 24.1 Å². The van der Waals surface area contributed by atoms with Crippen LogP contribution in [0.2, 0.25) is 0 Å². The van der Waals surface area contributed by atoms with Gasteiger partial charge in [0.25, 0.3) is 0 Å².